The molecule has 0 bridgehead atoms. The van der Waals surface area contributed by atoms with Crippen LogP contribution in [0.1, 0.15) is 31.1 Å². The summed E-state index contributed by atoms with van der Waals surface area (Å²) in [6.07, 6.45) is 1.53. The van der Waals surface area contributed by atoms with Crippen molar-refractivity contribution < 1.29 is 23.9 Å². The van der Waals surface area contributed by atoms with Crippen molar-refractivity contribution in [3.05, 3.63) is 71.9 Å². The molecule has 1 aliphatic heterocycles. The molecule has 0 radical (unpaired) electrons. The van der Waals surface area contributed by atoms with Gasteiger partial charge in [0.1, 0.15) is 5.70 Å². The van der Waals surface area contributed by atoms with Gasteiger partial charge in [-0.25, -0.2) is 9.59 Å². The number of hydrogen-bond acceptors (Lipinski definition) is 6. The van der Waals surface area contributed by atoms with Gasteiger partial charge in [0.15, 0.2) is 5.54 Å². The van der Waals surface area contributed by atoms with Crippen LogP contribution in [0.5, 0.6) is 0 Å². The van der Waals surface area contributed by atoms with Gasteiger partial charge in [0.2, 0.25) is 0 Å². The minimum absolute atomic E-state index is 0.172. The van der Waals surface area contributed by atoms with E-state index in [0.29, 0.717) is 16.9 Å². The normalized spacial score (nSPS) is 18.0. The lowest BCUT2D eigenvalue weighted by Gasteiger charge is -2.32. The molecule has 0 fully saturated rings. The molecule has 0 saturated heterocycles. The third kappa shape index (κ3) is 3.91. The predicted octanol–water partition coefficient (Wildman–Crippen LogP) is 3.53. The maximum Gasteiger partial charge on any atom is 0.340 e. The second-order valence-corrected chi connectivity index (χ2v) is 6.79. The molecule has 1 aliphatic rings. The van der Waals surface area contributed by atoms with Gasteiger partial charge in [-0.2, -0.15) is 0 Å². The molecule has 30 heavy (non-hydrogen) atoms. The molecule has 2 aromatic carbocycles. The highest BCUT2D eigenvalue weighted by Gasteiger charge is 2.49. The van der Waals surface area contributed by atoms with E-state index in [1.165, 1.54) is 11.0 Å². The molecule has 7 nitrogen and oxygen atoms in total. The molecule has 1 N–H and O–H groups in total. The van der Waals surface area contributed by atoms with E-state index in [1.54, 1.807) is 69.3 Å². The second-order valence-electron chi connectivity index (χ2n) is 6.79. The van der Waals surface area contributed by atoms with Gasteiger partial charge in [0.05, 0.1) is 24.5 Å². The molecule has 1 amide bonds. The van der Waals surface area contributed by atoms with Crippen molar-refractivity contribution in [1.82, 2.24) is 0 Å². The Hall–Kier alpha value is -3.61. The van der Waals surface area contributed by atoms with E-state index in [4.69, 9.17) is 9.47 Å². The van der Waals surface area contributed by atoms with Crippen LogP contribution in [-0.2, 0) is 19.1 Å². The largest absolute Gasteiger partial charge is 0.464 e. The molecule has 0 saturated carbocycles. The first-order valence-corrected chi connectivity index (χ1v) is 9.75. The first kappa shape index (κ1) is 21.1. The third-order valence-electron chi connectivity index (χ3n) is 4.72. The summed E-state index contributed by atoms with van der Waals surface area (Å²) in [6, 6.07) is 15.6. The molecule has 1 heterocycles. The number of anilines is 2. The van der Waals surface area contributed by atoms with Gasteiger partial charge in [-0.1, -0.05) is 30.3 Å². The lowest BCUT2D eigenvalue weighted by Crippen LogP contribution is -2.51. The van der Waals surface area contributed by atoms with Gasteiger partial charge in [0, 0.05) is 5.69 Å². The van der Waals surface area contributed by atoms with E-state index in [9.17, 15) is 14.4 Å². The highest BCUT2D eigenvalue weighted by Crippen LogP contribution is 2.35. The van der Waals surface area contributed by atoms with Crippen molar-refractivity contribution >= 4 is 29.2 Å². The molecule has 0 spiro atoms. The van der Waals surface area contributed by atoms with E-state index >= 15 is 0 Å². The zero-order valence-electron chi connectivity index (χ0n) is 17.2. The van der Waals surface area contributed by atoms with Crippen molar-refractivity contribution in [3.63, 3.8) is 0 Å². The van der Waals surface area contributed by atoms with Gasteiger partial charge < -0.3 is 14.8 Å². The van der Waals surface area contributed by atoms with Crippen LogP contribution in [0.15, 0.2) is 66.4 Å². The fraction of sp³-hybridized carbons (Fsp3) is 0.261. The summed E-state index contributed by atoms with van der Waals surface area (Å²) in [5.74, 6) is -1.45. The van der Waals surface area contributed by atoms with Crippen molar-refractivity contribution in [2.45, 2.75) is 26.3 Å². The smallest absolute Gasteiger partial charge is 0.340 e. The molecule has 2 aromatic rings. The van der Waals surface area contributed by atoms with Crippen LogP contribution >= 0.6 is 0 Å². The van der Waals surface area contributed by atoms with Gasteiger partial charge in [-0.3, -0.25) is 9.69 Å². The highest BCUT2D eigenvalue weighted by atomic mass is 16.5. The van der Waals surface area contributed by atoms with E-state index in [1.807, 2.05) is 6.07 Å². The Morgan fingerprint density at radius 1 is 0.967 bits per heavy atom. The lowest BCUT2D eigenvalue weighted by molar-refractivity contribution is -0.147. The molecule has 156 valence electrons. The lowest BCUT2D eigenvalue weighted by atomic mass is 10.0. The van der Waals surface area contributed by atoms with Crippen molar-refractivity contribution in [2.24, 2.45) is 0 Å². The first-order valence-electron chi connectivity index (χ1n) is 9.75. The number of esters is 2. The number of nitrogens with zero attached hydrogens (tertiary/aromatic N) is 1. The third-order valence-corrected chi connectivity index (χ3v) is 4.72. The Morgan fingerprint density at radius 3 is 2.27 bits per heavy atom. The number of carbonyl (C=O) groups excluding carboxylic acids is 3. The Morgan fingerprint density at radius 2 is 1.60 bits per heavy atom. The van der Waals surface area contributed by atoms with E-state index in [0.717, 1.165) is 0 Å². The van der Waals surface area contributed by atoms with Crippen LogP contribution in [0.3, 0.4) is 0 Å². The van der Waals surface area contributed by atoms with E-state index in [2.05, 4.69) is 5.32 Å². The fourth-order valence-electron chi connectivity index (χ4n) is 3.34. The minimum atomic E-state index is -1.34. The summed E-state index contributed by atoms with van der Waals surface area (Å²) in [6.45, 7) is 5.48. The van der Waals surface area contributed by atoms with Gasteiger partial charge in [-0.15, -0.1) is 0 Å². The number of ether oxygens (including phenoxy) is 2. The van der Waals surface area contributed by atoms with Crippen LogP contribution in [0.25, 0.3) is 0 Å². The van der Waals surface area contributed by atoms with Crippen LogP contribution in [0.2, 0.25) is 0 Å². The van der Waals surface area contributed by atoms with Crippen molar-refractivity contribution in [2.75, 3.05) is 23.4 Å². The molecule has 1 unspecified atom stereocenters. The average molecular weight is 408 g/mol. The summed E-state index contributed by atoms with van der Waals surface area (Å²) >= 11 is 0. The van der Waals surface area contributed by atoms with Crippen molar-refractivity contribution in [1.29, 1.82) is 0 Å². The monoisotopic (exact) mass is 408 g/mol. The average Bonchev–Trinajstić information content (AvgIpc) is 3.00. The number of amides is 1. The zero-order valence-corrected chi connectivity index (χ0v) is 17.2. The van der Waals surface area contributed by atoms with Crippen LogP contribution < -0.4 is 10.2 Å². The molecule has 3 rings (SSSR count). The SMILES string of the molecule is CCOC(=O)c1ccccc1NC1=CC(C)(C(=O)OCC)N(c2ccccc2)C1=O. The topological polar surface area (TPSA) is 84.9 Å². The minimum Gasteiger partial charge on any atom is -0.464 e. The zero-order chi connectivity index (χ0) is 21.7. The van der Waals surface area contributed by atoms with Crippen LogP contribution in [0, 0.1) is 0 Å². The maximum atomic E-state index is 13.3. The Labute approximate surface area is 175 Å². The molecular weight excluding hydrogens is 384 g/mol. The molecule has 0 aromatic heterocycles. The van der Waals surface area contributed by atoms with Gasteiger partial charge in [-0.05, 0) is 51.1 Å². The summed E-state index contributed by atoms with van der Waals surface area (Å²) in [7, 11) is 0. The summed E-state index contributed by atoms with van der Waals surface area (Å²) < 4.78 is 10.3. The molecular formula is C23H24N2O5. The number of hydrogen-bond donors (Lipinski definition) is 1. The Kier molecular flexibility index (Phi) is 6.20. The van der Waals surface area contributed by atoms with Crippen LogP contribution in [-0.4, -0.2) is 36.6 Å². The Bertz CT molecular complexity index is 986. The summed E-state index contributed by atoms with van der Waals surface area (Å²) in [5, 5.41) is 3.01. The number of benzene rings is 2. The predicted molar refractivity (Wildman–Crippen MR) is 113 cm³/mol. The number of carbonyl (C=O) groups is 3. The van der Waals surface area contributed by atoms with Gasteiger partial charge in [0.25, 0.3) is 5.91 Å². The summed E-state index contributed by atoms with van der Waals surface area (Å²) in [4.78, 5) is 39.8. The number of para-hydroxylation sites is 2. The van der Waals surface area contributed by atoms with Crippen molar-refractivity contribution in [3.8, 4) is 0 Å². The van der Waals surface area contributed by atoms with E-state index < -0.39 is 23.4 Å². The molecule has 0 aliphatic carbocycles. The molecule has 1 atom stereocenters. The summed E-state index contributed by atoms with van der Waals surface area (Å²) in [5.41, 5.74) is 0.104. The highest BCUT2D eigenvalue weighted by molar-refractivity contribution is 6.17. The van der Waals surface area contributed by atoms with Crippen LogP contribution in [0.4, 0.5) is 11.4 Å². The fourth-order valence-corrected chi connectivity index (χ4v) is 3.34. The Balaban J connectivity index is 2.01. The van der Waals surface area contributed by atoms with Gasteiger partial charge >= 0.3 is 11.9 Å². The first-order chi connectivity index (χ1) is 14.4. The quantitative estimate of drug-likeness (QED) is 0.706. The number of rotatable bonds is 7. The molecule has 7 heteroatoms. The standard InChI is InChI=1S/C23H24N2O5/c1-4-29-21(27)17-13-9-10-14-18(17)24-19-15-23(3,22(28)30-5-2)25(20(19)26)16-11-7-6-8-12-16/h6-15,24H,4-5H2,1-3H3. The maximum absolute atomic E-state index is 13.3. The number of nitrogens with one attached hydrogen (secondary N) is 1. The second kappa shape index (κ2) is 8.82. The van der Waals surface area contributed by atoms with E-state index in [-0.39, 0.29) is 18.9 Å².